The molecule has 3 aromatic rings. The summed E-state index contributed by atoms with van der Waals surface area (Å²) in [7, 11) is 1.52. The van der Waals surface area contributed by atoms with Crippen molar-refractivity contribution in [2.75, 3.05) is 17.7 Å². The fraction of sp³-hybridized carbons (Fsp3) is 0.464. The Morgan fingerprint density at radius 2 is 1.98 bits per heavy atom. The van der Waals surface area contributed by atoms with Crippen molar-refractivity contribution >= 4 is 44.0 Å². The molecule has 0 spiro atoms. The number of rotatable bonds is 4. The number of nitrogens with one attached hydrogen (secondary N) is 2. The van der Waals surface area contributed by atoms with Gasteiger partial charge >= 0.3 is 6.18 Å². The molecule has 0 saturated heterocycles. The Kier molecular flexibility index (Phi) is 7.42. The van der Waals surface area contributed by atoms with Crippen LogP contribution >= 0.6 is 27.3 Å². The monoisotopic (exact) mass is 635 g/mol. The summed E-state index contributed by atoms with van der Waals surface area (Å²) >= 11 is 4.70. The van der Waals surface area contributed by atoms with Crippen molar-refractivity contribution in [3.63, 3.8) is 0 Å². The highest BCUT2D eigenvalue weighted by atomic mass is 79.9. The first kappa shape index (κ1) is 28.5. The number of fused-ring (bicyclic) bond motifs is 2. The Hall–Kier alpha value is -3.04. The largest absolute Gasteiger partial charge is 0.497 e. The summed E-state index contributed by atoms with van der Waals surface area (Å²) in [5, 5.41) is 20.3. The molecule has 3 atom stereocenters. The van der Waals surface area contributed by atoms with Crippen LogP contribution in [0.25, 0.3) is 0 Å². The molecular formula is C28H29BrF3N5O2S. The topological polar surface area (TPSA) is 92.0 Å². The summed E-state index contributed by atoms with van der Waals surface area (Å²) in [5.74, 6) is 0.434. The number of benzene rings is 1. The van der Waals surface area contributed by atoms with Crippen LogP contribution in [0.3, 0.4) is 0 Å². The standard InChI is InChI=1S/C28H29BrF3N5O2S/c1-27(2,3)15-7-10-17-18(13-33)26(40-20(17)11-15)35-25(38)23-22(29)24-34-19(14-5-8-16(39-4)9-6-14)12-21(28(30,31)32)37(24)36-23/h5-6,8-9,15,19,21,34H,7,10-12H2,1-4H3,(H,35,38). The molecule has 1 aliphatic carbocycles. The van der Waals surface area contributed by atoms with Crippen molar-refractivity contribution in [2.45, 2.75) is 64.7 Å². The van der Waals surface area contributed by atoms with Gasteiger partial charge in [-0.05, 0) is 69.8 Å². The fourth-order valence-electron chi connectivity index (χ4n) is 5.48. The number of hydrogen-bond acceptors (Lipinski definition) is 6. The molecule has 3 heterocycles. The van der Waals surface area contributed by atoms with Gasteiger partial charge in [0.05, 0.1) is 23.2 Å². The molecule has 0 fully saturated rings. The number of anilines is 2. The van der Waals surface area contributed by atoms with E-state index in [0.717, 1.165) is 34.4 Å². The van der Waals surface area contributed by atoms with Gasteiger partial charge in [0.15, 0.2) is 11.7 Å². The number of nitrogens with zero attached hydrogens (tertiary/aromatic N) is 3. The van der Waals surface area contributed by atoms with Gasteiger partial charge in [-0.3, -0.25) is 4.79 Å². The molecule has 2 N–H and O–H groups in total. The highest BCUT2D eigenvalue weighted by molar-refractivity contribution is 9.10. The Bertz CT molecular complexity index is 1480. The number of amides is 1. The smallest absolute Gasteiger partial charge is 0.410 e. The Labute approximate surface area is 242 Å². The second-order valence-electron chi connectivity index (χ2n) is 11.3. The minimum absolute atomic E-state index is 0.0681. The van der Waals surface area contributed by atoms with Gasteiger partial charge in [-0.15, -0.1) is 11.3 Å². The lowest BCUT2D eigenvalue weighted by Gasteiger charge is -2.33. The number of alkyl halides is 3. The number of carbonyl (C=O) groups excluding carboxylic acids is 1. The second kappa shape index (κ2) is 10.4. The van der Waals surface area contributed by atoms with Crippen molar-refractivity contribution in [1.82, 2.24) is 9.78 Å². The predicted molar refractivity (Wildman–Crippen MR) is 151 cm³/mol. The molecule has 1 aliphatic heterocycles. The lowest BCUT2D eigenvalue weighted by Crippen LogP contribution is -2.35. The molecule has 1 amide bonds. The molecule has 212 valence electrons. The van der Waals surface area contributed by atoms with Gasteiger partial charge in [-0.2, -0.15) is 23.5 Å². The maximum Gasteiger partial charge on any atom is 0.410 e. The maximum absolute atomic E-state index is 14.2. The minimum Gasteiger partial charge on any atom is -0.497 e. The van der Waals surface area contributed by atoms with Gasteiger partial charge in [0.1, 0.15) is 22.6 Å². The van der Waals surface area contributed by atoms with Gasteiger partial charge in [0.25, 0.3) is 5.91 Å². The van der Waals surface area contributed by atoms with E-state index in [4.69, 9.17) is 4.74 Å². The lowest BCUT2D eigenvalue weighted by atomic mass is 9.72. The van der Waals surface area contributed by atoms with E-state index in [2.05, 4.69) is 58.5 Å². The fourth-order valence-corrected chi connectivity index (χ4v) is 7.31. The van der Waals surface area contributed by atoms with E-state index in [1.165, 1.54) is 18.4 Å². The molecule has 2 aromatic heterocycles. The van der Waals surface area contributed by atoms with Crippen molar-refractivity contribution in [1.29, 1.82) is 5.26 Å². The average molecular weight is 637 g/mol. The molecule has 0 bridgehead atoms. The van der Waals surface area contributed by atoms with E-state index in [1.54, 1.807) is 24.3 Å². The third-order valence-corrected chi connectivity index (χ3v) is 9.78. The number of ether oxygens (including phenoxy) is 1. The first-order valence-corrected chi connectivity index (χ1v) is 14.5. The lowest BCUT2D eigenvalue weighted by molar-refractivity contribution is -0.173. The number of aromatic nitrogens is 2. The van der Waals surface area contributed by atoms with Crippen molar-refractivity contribution in [3.05, 3.63) is 56.0 Å². The van der Waals surface area contributed by atoms with Crippen LogP contribution in [-0.2, 0) is 12.8 Å². The van der Waals surface area contributed by atoms with E-state index < -0.39 is 24.2 Å². The number of nitriles is 1. The Morgan fingerprint density at radius 3 is 2.58 bits per heavy atom. The van der Waals surface area contributed by atoms with E-state index in [0.29, 0.717) is 27.8 Å². The van der Waals surface area contributed by atoms with Crippen LogP contribution in [0.4, 0.5) is 24.0 Å². The summed E-state index contributed by atoms with van der Waals surface area (Å²) < 4.78 is 48.7. The molecule has 5 rings (SSSR count). The first-order chi connectivity index (χ1) is 18.8. The summed E-state index contributed by atoms with van der Waals surface area (Å²) in [5.41, 5.74) is 1.95. The third kappa shape index (κ3) is 5.21. The molecule has 3 unspecified atom stereocenters. The van der Waals surface area contributed by atoms with Crippen LogP contribution < -0.4 is 15.4 Å². The normalized spacial score (nSPS) is 20.6. The molecule has 1 aromatic carbocycles. The number of carbonyl (C=O) groups is 1. The van der Waals surface area contributed by atoms with Crippen molar-refractivity contribution < 1.29 is 22.7 Å². The zero-order valence-electron chi connectivity index (χ0n) is 22.4. The van der Waals surface area contributed by atoms with Crippen LogP contribution in [-0.4, -0.2) is 29.0 Å². The molecule has 0 radical (unpaired) electrons. The first-order valence-electron chi connectivity index (χ1n) is 12.9. The Morgan fingerprint density at radius 1 is 1.27 bits per heavy atom. The van der Waals surface area contributed by atoms with Crippen LogP contribution in [0.2, 0.25) is 0 Å². The molecule has 2 aliphatic rings. The number of thiophene rings is 1. The molecular weight excluding hydrogens is 607 g/mol. The van der Waals surface area contributed by atoms with Gasteiger partial charge in [0.2, 0.25) is 0 Å². The van der Waals surface area contributed by atoms with Gasteiger partial charge in [-0.1, -0.05) is 32.9 Å². The predicted octanol–water partition coefficient (Wildman–Crippen LogP) is 7.65. The van der Waals surface area contributed by atoms with Gasteiger partial charge in [-0.25, -0.2) is 4.68 Å². The van der Waals surface area contributed by atoms with Gasteiger partial charge in [0, 0.05) is 11.3 Å². The van der Waals surface area contributed by atoms with Crippen molar-refractivity contribution in [2.24, 2.45) is 11.3 Å². The summed E-state index contributed by atoms with van der Waals surface area (Å²) in [4.78, 5) is 14.5. The maximum atomic E-state index is 14.2. The number of halogens is 4. The summed E-state index contributed by atoms with van der Waals surface area (Å²) in [6, 6.07) is 6.43. The summed E-state index contributed by atoms with van der Waals surface area (Å²) in [6.07, 6.45) is -2.37. The van der Waals surface area contributed by atoms with Crippen LogP contribution in [0, 0.1) is 22.7 Å². The van der Waals surface area contributed by atoms with E-state index in [9.17, 15) is 23.2 Å². The molecule has 7 nitrogen and oxygen atoms in total. The van der Waals surface area contributed by atoms with Crippen LogP contribution in [0.1, 0.15) is 77.8 Å². The number of methoxy groups -OCH3 is 1. The number of hydrogen-bond donors (Lipinski definition) is 2. The highest BCUT2D eigenvalue weighted by Crippen LogP contribution is 2.47. The van der Waals surface area contributed by atoms with Crippen LogP contribution in [0.15, 0.2) is 28.7 Å². The van der Waals surface area contributed by atoms with E-state index in [-0.39, 0.29) is 27.8 Å². The third-order valence-electron chi connectivity index (χ3n) is 7.86. The highest BCUT2D eigenvalue weighted by Gasteiger charge is 2.48. The van der Waals surface area contributed by atoms with Gasteiger partial charge < -0.3 is 15.4 Å². The quantitative estimate of drug-likeness (QED) is 0.307. The SMILES string of the molecule is COc1ccc(C2CC(C(F)(F)F)n3nc(C(=O)Nc4sc5c(c4C#N)CCC(C(C)(C)C)C5)c(Br)c3N2)cc1. The second-order valence-corrected chi connectivity index (χ2v) is 13.2. The Balaban J connectivity index is 1.45. The molecule has 12 heteroatoms. The summed E-state index contributed by atoms with van der Waals surface area (Å²) in [6.45, 7) is 6.59. The zero-order chi connectivity index (χ0) is 29.0. The average Bonchev–Trinajstić information content (AvgIpc) is 3.43. The molecule has 0 saturated carbocycles. The van der Waals surface area contributed by atoms with E-state index >= 15 is 0 Å². The zero-order valence-corrected chi connectivity index (χ0v) is 24.9. The van der Waals surface area contributed by atoms with Crippen molar-refractivity contribution in [3.8, 4) is 11.8 Å². The minimum atomic E-state index is -4.59. The van der Waals surface area contributed by atoms with Crippen LogP contribution in [0.5, 0.6) is 5.75 Å². The van der Waals surface area contributed by atoms with E-state index in [1.807, 2.05) is 0 Å². The molecule has 40 heavy (non-hydrogen) atoms.